The number of nitrogen functional groups attached to an aromatic ring is 1. The molecule has 15 heavy (non-hydrogen) atoms. The van der Waals surface area contributed by atoms with Crippen LogP contribution in [-0.2, 0) is 0 Å². The van der Waals surface area contributed by atoms with Crippen molar-refractivity contribution in [1.82, 2.24) is 5.01 Å². The molecule has 0 spiro atoms. The van der Waals surface area contributed by atoms with E-state index in [-0.39, 0.29) is 0 Å². The van der Waals surface area contributed by atoms with E-state index in [0.717, 1.165) is 29.4 Å². The van der Waals surface area contributed by atoms with E-state index in [0.29, 0.717) is 0 Å². The van der Waals surface area contributed by atoms with Gasteiger partial charge >= 0.3 is 0 Å². The van der Waals surface area contributed by atoms with E-state index in [9.17, 15) is 0 Å². The molecule has 0 amide bonds. The van der Waals surface area contributed by atoms with Crippen molar-refractivity contribution in [2.45, 2.75) is 11.3 Å². The zero-order valence-electron chi connectivity index (χ0n) is 8.73. The Hall–Kier alpha value is -0.970. The van der Waals surface area contributed by atoms with Crippen LogP contribution in [0.2, 0.25) is 0 Å². The average molecular weight is 223 g/mol. The van der Waals surface area contributed by atoms with E-state index >= 15 is 0 Å². The molecule has 0 bridgehead atoms. The summed E-state index contributed by atoms with van der Waals surface area (Å²) in [7, 11) is 0. The summed E-state index contributed by atoms with van der Waals surface area (Å²) in [5.41, 5.74) is 6.62. The van der Waals surface area contributed by atoms with E-state index < -0.39 is 0 Å². The Kier molecular flexibility index (Phi) is 5.25. The number of nitrogens with zero attached hydrogens (tertiary/aromatic N) is 1. The topological polar surface area (TPSA) is 55.3 Å². The summed E-state index contributed by atoms with van der Waals surface area (Å²) in [6.45, 7) is 4.48. The van der Waals surface area contributed by atoms with Crippen LogP contribution < -0.4 is 11.6 Å². The number of hydrazine groups is 1. The summed E-state index contributed by atoms with van der Waals surface area (Å²) in [6.07, 6.45) is 2.77. The quantitative estimate of drug-likeness (QED) is 0.194. The van der Waals surface area contributed by atoms with Crippen molar-refractivity contribution in [1.29, 1.82) is 0 Å². The average Bonchev–Trinajstić information content (AvgIpc) is 2.25. The molecule has 0 aliphatic rings. The first-order valence-electron chi connectivity index (χ1n) is 4.82. The Morgan fingerprint density at radius 2 is 2.13 bits per heavy atom. The Morgan fingerprint density at radius 3 is 2.80 bits per heavy atom. The predicted octanol–water partition coefficient (Wildman–Crippen LogP) is 2.07. The highest BCUT2D eigenvalue weighted by molar-refractivity contribution is 7.99. The number of nitrogens with two attached hydrogens (primary N) is 2. The van der Waals surface area contributed by atoms with Crippen molar-refractivity contribution in [3.05, 3.63) is 36.9 Å². The monoisotopic (exact) mass is 223 g/mol. The third kappa shape index (κ3) is 4.38. The van der Waals surface area contributed by atoms with Gasteiger partial charge in [0.15, 0.2) is 0 Å². The molecule has 0 radical (unpaired) electrons. The lowest BCUT2D eigenvalue weighted by Gasteiger charge is -2.15. The highest BCUT2D eigenvalue weighted by atomic mass is 32.2. The van der Waals surface area contributed by atoms with Crippen molar-refractivity contribution in [3.63, 3.8) is 0 Å². The summed E-state index contributed by atoms with van der Waals surface area (Å²) in [6, 6.07) is 7.80. The zero-order valence-corrected chi connectivity index (χ0v) is 9.54. The van der Waals surface area contributed by atoms with Crippen molar-refractivity contribution in [2.75, 3.05) is 18.2 Å². The smallest absolute Gasteiger partial charge is 0.0633 e. The molecule has 1 aromatic rings. The lowest BCUT2D eigenvalue weighted by molar-refractivity contribution is 0.342. The normalized spacial score (nSPS) is 10.5. The minimum atomic E-state index is 0.738. The van der Waals surface area contributed by atoms with Gasteiger partial charge in [0.25, 0.3) is 0 Å². The Bertz CT molecular complexity index is 314. The van der Waals surface area contributed by atoms with Crippen LogP contribution in [0.1, 0.15) is 6.42 Å². The minimum absolute atomic E-state index is 0.738. The van der Waals surface area contributed by atoms with Crippen LogP contribution >= 0.6 is 11.8 Å². The minimum Gasteiger partial charge on any atom is -0.398 e. The molecular formula is C11H17N3S. The molecule has 0 heterocycles. The summed E-state index contributed by atoms with van der Waals surface area (Å²) in [5.74, 6) is 6.52. The van der Waals surface area contributed by atoms with Gasteiger partial charge in [-0.05, 0) is 18.6 Å². The van der Waals surface area contributed by atoms with Crippen LogP contribution in [0.4, 0.5) is 5.69 Å². The number of hydrogen-bond donors (Lipinski definition) is 2. The predicted molar refractivity (Wildman–Crippen MR) is 67.3 cm³/mol. The SMILES string of the molecule is C=CCCN(N)CSc1ccccc1N. The molecule has 0 saturated heterocycles. The highest BCUT2D eigenvalue weighted by Gasteiger charge is 2.01. The number of benzene rings is 1. The van der Waals surface area contributed by atoms with E-state index in [1.165, 1.54) is 0 Å². The fourth-order valence-electron chi connectivity index (χ4n) is 1.09. The van der Waals surface area contributed by atoms with Gasteiger partial charge in [-0.1, -0.05) is 18.2 Å². The van der Waals surface area contributed by atoms with Gasteiger partial charge in [-0.3, -0.25) is 5.84 Å². The molecule has 0 aliphatic heterocycles. The highest BCUT2D eigenvalue weighted by Crippen LogP contribution is 2.24. The van der Waals surface area contributed by atoms with Crippen molar-refractivity contribution in [3.8, 4) is 0 Å². The zero-order chi connectivity index (χ0) is 11.1. The van der Waals surface area contributed by atoms with Crippen molar-refractivity contribution in [2.24, 2.45) is 5.84 Å². The summed E-state index contributed by atoms with van der Waals surface area (Å²) >= 11 is 1.65. The molecule has 0 saturated carbocycles. The molecule has 1 rings (SSSR count). The van der Waals surface area contributed by atoms with Gasteiger partial charge in [0, 0.05) is 17.1 Å². The second kappa shape index (κ2) is 6.50. The van der Waals surface area contributed by atoms with E-state index in [1.54, 1.807) is 16.8 Å². The van der Waals surface area contributed by atoms with Crippen LogP contribution in [0.5, 0.6) is 0 Å². The molecule has 4 N–H and O–H groups in total. The number of thioether (sulfide) groups is 1. The third-order valence-electron chi connectivity index (χ3n) is 1.93. The van der Waals surface area contributed by atoms with Crippen molar-refractivity contribution < 1.29 is 0 Å². The second-order valence-corrected chi connectivity index (χ2v) is 4.19. The van der Waals surface area contributed by atoms with Gasteiger partial charge in [-0.15, -0.1) is 18.3 Å². The maximum Gasteiger partial charge on any atom is 0.0633 e. The lowest BCUT2D eigenvalue weighted by atomic mass is 10.3. The van der Waals surface area contributed by atoms with Crippen molar-refractivity contribution >= 4 is 17.4 Å². The molecular weight excluding hydrogens is 206 g/mol. The number of rotatable bonds is 6. The fourth-order valence-corrected chi connectivity index (χ4v) is 1.93. The van der Waals surface area contributed by atoms with E-state index in [2.05, 4.69) is 6.58 Å². The van der Waals surface area contributed by atoms with Crippen LogP contribution in [-0.4, -0.2) is 17.4 Å². The van der Waals surface area contributed by atoms with Gasteiger partial charge in [-0.25, -0.2) is 5.01 Å². The summed E-state index contributed by atoms with van der Waals surface area (Å²) < 4.78 is 0. The van der Waals surface area contributed by atoms with E-state index in [1.807, 2.05) is 30.3 Å². The maximum atomic E-state index is 5.81. The molecule has 1 aromatic carbocycles. The first kappa shape index (κ1) is 12.1. The number of anilines is 1. The number of hydrogen-bond acceptors (Lipinski definition) is 4. The molecule has 0 atom stereocenters. The molecule has 0 unspecified atom stereocenters. The number of para-hydroxylation sites is 1. The van der Waals surface area contributed by atoms with Gasteiger partial charge < -0.3 is 5.73 Å². The molecule has 0 aliphatic carbocycles. The van der Waals surface area contributed by atoms with Crippen LogP contribution in [0.25, 0.3) is 0 Å². The standard InChI is InChI=1S/C11H17N3S/c1-2-3-8-14(13)9-15-11-7-5-4-6-10(11)12/h2,4-7H,1,3,8-9,12-13H2. The second-order valence-electron chi connectivity index (χ2n) is 3.20. The van der Waals surface area contributed by atoms with Gasteiger partial charge in [0.2, 0.25) is 0 Å². The summed E-state index contributed by atoms with van der Waals surface area (Å²) in [4.78, 5) is 1.08. The molecule has 0 fully saturated rings. The Labute approximate surface area is 95.1 Å². The Morgan fingerprint density at radius 1 is 1.40 bits per heavy atom. The van der Waals surface area contributed by atoms with Crippen LogP contribution in [0.15, 0.2) is 41.8 Å². The maximum absolute atomic E-state index is 5.81. The third-order valence-corrected chi connectivity index (χ3v) is 3.07. The molecule has 4 heteroatoms. The van der Waals surface area contributed by atoms with Crippen LogP contribution in [0, 0.1) is 0 Å². The Balaban J connectivity index is 2.36. The van der Waals surface area contributed by atoms with Gasteiger partial charge in [0.05, 0.1) is 5.88 Å². The summed E-state index contributed by atoms with van der Waals surface area (Å²) in [5, 5.41) is 1.76. The first-order valence-corrected chi connectivity index (χ1v) is 5.80. The van der Waals surface area contributed by atoms with Gasteiger partial charge in [-0.2, -0.15) is 0 Å². The largest absolute Gasteiger partial charge is 0.398 e. The van der Waals surface area contributed by atoms with Crippen LogP contribution in [0.3, 0.4) is 0 Å². The fraction of sp³-hybridized carbons (Fsp3) is 0.273. The van der Waals surface area contributed by atoms with E-state index in [4.69, 9.17) is 11.6 Å². The van der Waals surface area contributed by atoms with Gasteiger partial charge in [0.1, 0.15) is 0 Å². The molecule has 82 valence electrons. The first-order chi connectivity index (χ1) is 7.24. The lowest BCUT2D eigenvalue weighted by Crippen LogP contribution is -2.31. The molecule has 3 nitrogen and oxygen atoms in total. The molecule has 0 aromatic heterocycles.